The van der Waals surface area contributed by atoms with Crippen LogP contribution in [0.2, 0.25) is 0 Å². The van der Waals surface area contributed by atoms with Crippen LogP contribution in [-0.4, -0.2) is 68.6 Å². The summed E-state index contributed by atoms with van der Waals surface area (Å²) >= 11 is 0. The molecule has 134 valence electrons. The molecule has 1 aromatic carbocycles. The van der Waals surface area contributed by atoms with Gasteiger partial charge in [0.1, 0.15) is 9.84 Å². The lowest BCUT2D eigenvalue weighted by Gasteiger charge is -2.27. The second-order valence-electron chi connectivity index (χ2n) is 5.48. The van der Waals surface area contributed by atoms with Gasteiger partial charge < -0.3 is 14.7 Å². The Kier molecular flexibility index (Phi) is 8.42. The molecule has 1 heterocycles. The molecule has 1 atom stereocenters. The number of ether oxygens (including phenoxy) is 1. The van der Waals surface area contributed by atoms with Crippen LogP contribution in [0, 0.1) is 5.92 Å². The predicted octanol–water partition coefficient (Wildman–Crippen LogP) is 0.667. The highest BCUT2D eigenvalue weighted by molar-refractivity contribution is 7.90. The molecule has 7 nitrogen and oxygen atoms in total. The number of aliphatic carboxylic acids is 1. The quantitative estimate of drug-likeness (QED) is 0.831. The van der Waals surface area contributed by atoms with Gasteiger partial charge in [-0.3, -0.25) is 9.59 Å². The first-order valence-corrected chi connectivity index (χ1v) is 9.61. The van der Waals surface area contributed by atoms with Gasteiger partial charge in [0.05, 0.1) is 24.9 Å². The number of rotatable bonds is 5. The summed E-state index contributed by atoms with van der Waals surface area (Å²) in [5, 5.41) is 8.92. The molecule has 1 amide bonds. The van der Waals surface area contributed by atoms with Crippen molar-refractivity contribution in [2.24, 2.45) is 5.92 Å². The number of benzene rings is 1. The Balaban J connectivity index is 0.000000400. The predicted molar refractivity (Wildman–Crippen MR) is 89.3 cm³/mol. The monoisotopic (exact) mass is 357 g/mol. The summed E-state index contributed by atoms with van der Waals surface area (Å²) in [6.07, 6.45) is 0.671. The van der Waals surface area contributed by atoms with Gasteiger partial charge in [0.25, 0.3) is 0 Å². The van der Waals surface area contributed by atoms with Gasteiger partial charge in [0, 0.05) is 25.8 Å². The number of hydrogen-bond acceptors (Lipinski definition) is 5. The van der Waals surface area contributed by atoms with Crippen LogP contribution in [0.15, 0.2) is 36.4 Å². The van der Waals surface area contributed by atoms with Crippen molar-refractivity contribution >= 4 is 21.7 Å². The Morgan fingerprint density at radius 3 is 1.92 bits per heavy atom. The van der Waals surface area contributed by atoms with E-state index < -0.39 is 27.5 Å². The number of nitrogens with zero attached hydrogens (tertiary/aromatic N) is 1. The molecule has 1 N–H and O–H groups in total. The number of amides is 1. The minimum atomic E-state index is -3.42. The number of carboxylic acid groups (broad SMARTS) is 1. The average Bonchev–Trinajstić information content (AvgIpc) is 2.56. The van der Waals surface area contributed by atoms with Crippen molar-refractivity contribution in [3.63, 3.8) is 0 Å². The second kappa shape index (κ2) is 10.0. The highest BCUT2D eigenvalue weighted by Gasteiger charge is 2.28. The van der Waals surface area contributed by atoms with Crippen LogP contribution in [0.3, 0.4) is 0 Å². The molecule has 0 aliphatic carbocycles. The second-order valence-corrected chi connectivity index (χ2v) is 7.66. The zero-order valence-electron chi connectivity index (χ0n) is 13.6. The topological polar surface area (TPSA) is 101 Å². The molecular weight excluding hydrogens is 334 g/mol. The van der Waals surface area contributed by atoms with Crippen LogP contribution in [0.5, 0.6) is 0 Å². The van der Waals surface area contributed by atoms with E-state index in [2.05, 4.69) is 0 Å². The summed E-state index contributed by atoms with van der Waals surface area (Å²) in [7, 11) is -3.42. The number of carbonyl (C=O) groups is 2. The fraction of sp³-hybridized carbons (Fsp3) is 0.500. The third-order valence-corrected chi connectivity index (χ3v) is 4.31. The SMILES string of the molecule is CS(=O)(=O)CC(CC(=O)N1CCOCC1)C(=O)O.c1ccccc1. The summed E-state index contributed by atoms with van der Waals surface area (Å²) in [5.74, 6) is -3.30. The summed E-state index contributed by atoms with van der Waals surface area (Å²) < 4.78 is 27.3. The van der Waals surface area contributed by atoms with Crippen molar-refractivity contribution in [1.82, 2.24) is 4.90 Å². The molecule has 2 rings (SSSR count). The van der Waals surface area contributed by atoms with Gasteiger partial charge in [-0.25, -0.2) is 8.42 Å². The van der Waals surface area contributed by atoms with Crippen LogP contribution in [0.25, 0.3) is 0 Å². The van der Waals surface area contributed by atoms with Crippen LogP contribution < -0.4 is 0 Å². The van der Waals surface area contributed by atoms with Crippen molar-refractivity contribution in [2.45, 2.75) is 6.42 Å². The lowest BCUT2D eigenvalue weighted by atomic mass is 10.1. The Bertz CT molecular complexity index is 584. The third kappa shape index (κ3) is 8.64. The zero-order chi connectivity index (χ0) is 18.0. The number of morpholine rings is 1. The van der Waals surface area contributed by atoms with Crippen molar-refractivity contribution in [3.05, 3.63) is 36.4 Å². The summed E-state index contributed by atoms with van der Waals surface area (Å²) in [4.78, 5) is 24.2. The Labute approximate surface area is 142 Å². The number of carbonyl (C=O) groups excluding carboxylic acids is 1. The van der Waals surface area contributed by atoms with E-state index >= 15 is 0 Å². The molecule has 0 spiro atoms. The Morgan fingerprint density at radius 1 is 1.08 bits per heavy atom. The maximum absolute atomic E-state index is 11.8. The van der Waals surface area contributed by atoms with Gasteiger partial charge >= 0.3 is 5.97 Å². The highest BCUT2D eigenvalue weighted by Crippen LogP contribution is 2.11. The van der Waals surface area contributed by atoms with E-state index in [1.54, 1.807) is 0 Å². The lowest BCUT2D eigenvalue weighted by molar-refractivity contribution is -0.146. The average molecular weight is 357 g/mol. The van der Waals surface area contributed by atoms with Gasteiger partial charge in [-0.15, -0.1) is 0 Å². The first kappa shape index (κ1) is 20.1. The molecule has 24 heavy (non-hydrogen) atoms. The van der Waals surface area contributed by atoms with E-state index in [1.807, 2.05) is 36.4 Å². The molecule has 1 saturated heterocycles. The molecule has 1 aliphatic heterocycles. The van der Waals surface area contributed by atoms with Crippen LogP contribution in [0.1, 0.15) is 6.42 Å². The Morgan fingerprint density at radius 2 is 1.54 bits per heavy atom. The van der Waals surface area contributed by atoms with Crippen molar-refractivity contribution in [2.75, 3.05) is 38.3 Å². The first-order chi connectivity index (χ1) is 11.3. The van der Waals surface area contributed by atoms with E-state index in [0.717, 1.165) is 6.26 Å². The first-order valence-electron chi connectivity index (χ1n) is 7.55. The lowest BCUT2D eigenvalue weighted by Crippen LogP contribution is -2.42. The molecule has 1 unspecified atom stereocenters. The van der Waals surface area contributed by atoms with Gasteiger partial charge in [-0.05, 0) is 0 Å². The van der Waals surface area contributed by atoms with E-state index in [4.69, 9.17) is 9.84 Å². The van der Waals surface area contributed by atoms with Crippen molar-refractivity contribution < 1.29 is 27.9 Å². The van der Waals surface area contributed by atoms with Gasteiger partial charge in [0.2, 0.25) is 5.91 Å². The van der Waals surface area contributed by atoms with E-state index in [9.17, 15) is 18.0 Å². The molecule has 1 aliphatic rings. The number of sulfone groups is 1. The molecule has 0 saturated carbocycles. The minimum Gasteiger partial charge on any atom is -0.481 e. The van der Waals surface area contributed by atoms with Gasteiger partial charge in [-0.2, -0.15) is 0 Å². The molecular formula is C16H23NO6S. The molecule has 0 aromatic heterocycles. The summed E-state index contributed by atoms with van der Waals surface area (Å²) in [5.41, 5.74) is 0. The van der Waals surface area contributed by atoms with Crippen LogP contribution in [0.4, 0.5) is 0 Å². The number of hydrogen-bond donors (Lipinski definition) is 1. The van der Waals surface area contributed by atoms with Crippen molar-refractivity contribution in [1.29, 1.82) is 0 Å². The normalized spacial score (nSPS) is 15.8. The molecule has 0 bridgehead atoms. The summed E-state index contributed by atoms with van der Waals surface area (Å²) in [6.45, 7) is 1.69. The van der Waals surface area contributed by atoms with E-state index in [0.29, 0.717) is 26.3 Å². The molecule has 8 heteroatoms. The standard InChI is InChI=1S/C10H17NO6S.C6H6/c1-18(15,16)7-8(10(13)14)6-9(12)11-2-4-17-5-3-11;1-2-4-6-5-3-1/h8H,2-7H2,1H3,(H,13,14);1-6H. The maximum atomic E-state index is 11.8. The zero-order valence-corrected chi connectivity index (χ0v) is 14.4. The summed E-state index contributed by atoms with van der Waals surface area (Å²) in [6, 6.07) is 12.0. The van der Waals surface area contributed by atoms with Crippen LogP contribution in [-0.2, 0) is 24.2 Å². The smallest absolute Gasteiger partial charge is 0.308 e. The third-order valence-electron chi connectivity index (χ3n) is 3.30. The highest BCUT2D eigenvalue weighted by atomic mass is 32.2. The molecule has 1 aromatic rings. The van der Waals surface area contributed by atoms with Gasteiger partial charge in [-0.1, -0.05) is 36.4 Å². The number of carboxylic acids is 1. The molecule has 0 radical (unpaired) electrons. The largest absolute Gasteiger partial charge is 0.481 e. The van der Waals surface area contributed by atoms with E-state index in [-0.39, 0.29) is 12.3 Å². The molecule has 1 fully saturated rings. The van der Waals surface area contributed by atoms with E-state index in [1.165, 1.54) is 4.90 Å². The van der Waals surface area contributed by atoms with Crippen molar-refractivity contribution in [3.8, 4) is 0 Å². The minimum absolute atomic E-state index is 0.289. The fourth-order valence-corrected chi connectivity index (χ4v) is 3.11. The maximum Gasteiger partial charge on any atom is 0.308 e. The fourth-order valence-electron chi connectivity index (χ4n) is 2.12. The Hall–Kier alpha value is -1.93. The van der Waals surface area contributed by atoms with Gasteiger partial charge in [0.15, 0.2) is 0 Å². The van der Waals surface area contributed by atoms with Crippen LogP contribution >= 0.6 is 0 Å².